The van der Waals surface area contributed by atoms with Crippen LogP contribution in [0, 0.1) is 6.92 Å². The van der Waals surface area contributed by atoms with Gasteiger partial charge in [0.15, 0.2) is 0 Å². The van der Waals surface area contributed by atoms with Gasteiger partial charge in [-0.1, -0.05) is 30.3 Å². The lowest BCUT2D eigenvalue weighted by Gasteiger charge is -2.16. The first-order valence-electron chi connectivity index (χ1n) is 5.51. The van der Waals surface area contributed by atoms with Gasteiger partial charge in [0.1, 0.15) is 5.82 Å². The topological polar surface area (TPSA) is 58.0 Å². The molecular weight excluding hydrogens is 214 g/mol. The lowest BCUT2D eigenvalue weighted by molar-refractivity contribution is 0.276. The van der Waals surface area contributed by atoms with Gasteiger partial charge >= 0.3 is 0 Å². The molecule has 0 fully saturated rings. The van der Waals surface area contributed by atoms with Crippen LogP contribution in [0.3, 0.4) is 0 Å². The summed E-state index contributed by atoms with van der Waals surface area (Å²) in [4.78, 5) is 0. The standard InChI is InChI=1S/C13H15N3O/c1-10-7-13(16-14-8-10)15-12(9-17)11-5-3-2-4-6-11/h2-8,12,17H,9H2,1H3,(H,15,16). The van der Waals surface area contributed by atoms with Crippen LogP contribution in [-0.4, -0.2) is 21.9 Å². The van der Waals surface area contributed by atoms with E-state index in [1.165, 1.54) is 0 Å². The van der Waals surface area contributed by atoms with Crippen LogP contribution in [0.5, 0.6) is 0 Å². The van der Waals surface area contributed by atoms with Crippen molar-refractivity contribution in [1.82, 2.24) is 10.2 Å². The van der Waals surface area contributed by atoms with Gasteiger partial charge in [-0.05, 0) is 24.1 Å². The minimum atomic E-state index is -0.160. The van der Waals surface area contributed by atoms with E-state index in [2.05, 4.69) is 15.5 Å². The number of aliphatic hydroxyl groups is 1. The maximum Gasteiger partial charge on any atom is 0.149 e. The van der Waals surface area contributed by atoms with Crippen LogP contribution < -0.4 is 5.32 Å². The van der Waals surface area contributed by atoms with Gasteiger partial charge in [-0.3, -0.25) is 0 Å². The highest BCUT2D eigenvalue weighted by molar-refractivity contribution is 5.39. The van der Waals surface area contributed by atoms with Crippen molar-refractivity contribution in [3.8, 4) is 0 Å². The highest BCUT2D eigenvalue weighted by Gasteiger charge is 2.10. The lowest BCUT2D eigenvalue weighted by Crippen LogP contribution is -2.15. The Labute approximate surface area is 100 Å². The van der Waals surface area contributed by atoms with Crippen LogP contribution in [0.2, 0.25) is 0 Å². The molecule has 2 N–H and O–H groups in total. The predicted octanol–water partition coefficient (Wildman–Crippen LogP) is 1.93. The molecular formula is C13H15N3O. The SMILES string of the molecule is Cc1cnnc(NC(CO)c2ccccc2)c1. The van der Waals surface area contributed by atoms with Crippen molar-refractivity contribution < 1.29 is 5.11 Å². The van der Waals surface area contributed by atoms with Gasteiger partial charge in [0, 0.05) is 0 Å². The van der Waals surface area contributed by atoms with Crippen molar-refractivity contribution in [2.24, 2.45) is 0 Å². The molecule has 88 valence electrons. The summed E-state index contributed by atoms with van der Waals surface area (Å²) in [6.45, 7) is 1.97. The number of benzene rings is 1. The molecule has 0 aliphatic carbocycles. The van der Waals surface area contributed by atoms with Crippen LogP contribution in [0.4, 0.5) is 5.82 Å². The third-order valence-electron chi connectivity index (χ3n) is 2.50. The minimum Gasteiger partial charge on any atom is -0.394 e. The van der Waals surface area contributed by atoms with Crippen LogP contribution in [0.15, 0.2) is 42.6 Å². The Morgan fingerprint density at radius 3 is 2.71 bits per heavy atom. The molecule has 4 nitrogen and oxygen atoms in total. The van der Waals surface area contributed by atoms with E-state index in [0.717, 1.165) is 11.1 Å². The molecule has 0 spiro atoms. The summed E-state index contributed by atoms with van der Waals surface area (Å²) in [5.74, 6) is 0.674. The molecule has 1 heterocycles. The number of nitrogens with one attached hydrogen (secondary N) is 1. The Kier molecular flexibility index (Phi) is 3.67. The Hall–Kier alpha value is -1.94. The van der Waals surface area contributed by atoms with E-state index in [1.807, 2.05) is 43.3 Å². The van der Waals surface area contributed by atoms with Crippen molar-refractivity contribution in [2.45, 2.75) is 13.0 Å². The highest BCUT2D eigenvalue weighted by atomic mass is 16.3. The molecule has 2 aromatic rings. The molecule has 2 rings (SSSR count). The van der Waals surface area contributed by atoms with E-state index in [-0.39, 0.29) is 12.6 Å². The first-order valence-corrected chi connectivity index (χ1v) is 5.51. The van der Waals surface area contributed by atoms with E-state index < -0.39 is 0 Å². The Morgan fingerprint density at radius 2 is 2.06 bits per heavy atom. The van der Waals surface area contributed by atoms with Gasteiger partial charge in [-0.2, -0.15) is 5.10 Å². The second kappa shape index (κ2) is 5.41. The largest absolute Gasteiger partial charge is 0.394 e. The van der Waals surface area contributed by atoms with E-state index in [4.69, 9.17) is 0 Å². The van der Waals surface area contributed by atoms with Crippen LogP contribution in [0.25, 0.3) is 0 Å². The van der Waals surface area contributed by atoms with E-state index in [9.17, 15) is 5.11 Å². The molecule has 17 heavy (non-hydrogen) atoms. The molecule has 0 radical (unpaired) electrons. The third kappa shape index (κ3) is 3.01. The second-order valence-corrected chi connectivity index (χ2v) is 3.91. The van der Waals surface area contributed by atoms with E-state index >= 15 is 0 Å². The van der Waals surface area contributed by atoms with Gasteiger partial charge in [0.05, 0.1) is 18.8 Å². The fourth-order valence-corrected chi connectivity index (χ4v) is 1.63. The Bertz CT molecular complexity index is 473. The Morgan fingerprint density at radius 1 is 1.29 bits per heavy atom. The van der Waals surface area contributed by atoms with E-state index in [1.54, 1.807) is 6.20 Å². The monoisotopic (exact) mass is 229 g/mol. The van der Waals surface area contributed by atoms with Crippen LogP contribution in [-0.2, 0) is 0 Å². The van der Waals surface area contributed by atoms with Crippen molar-refractivity contribution in [3.63, 3.8) is 0 Å². The molecule has 1 aromatic heterocycles. The summed E-state index contributed by atoms with van der Waals surface area (Å²) >= 11 is 0. The maximum atomic E-state index is 9.40. The molecule has 0 amide bonds. The quantitative estimate of drug-likeness (QED) is 0.841. The summed E-state index contributed by atoms with van der Waals surface area (Å²) in [6.07, 6.45) is 1.70. The molecule has 1 aromatic carbocycles. The first-order chi connectivity index (χ1) is 8.29. The summed E-state index contributed by atoms with van der Waals surface area (Å²) in [7, 11) is 0. The van der Waals surface area contributed by atoms with Crippen molar-refractivity contribution in [3.05, 3.63) is 53.7 Å². The molecule has 1 unspecified atom stereocenters. The average molecular weight is 229 g/mol. The van der Waals surface area contributed by atoms with Gasteiger partial charge in [0.2, 0.25) is 0 Å². The molecule has 1 atom stereocenters. The number of hydrogen-bond donors (Lipinski definition) is 2. The zero-order chi connectivity index (χ0) is 12.1. The summed E-state index contributed by atoms with van der Waals surface area (Å²) in [5.41, 5.74) is 2.06. The fraction of sp³-hybridized carbons (Fsp3) is 0.231. The molecule has 0 saturated carbocycles. The van der Waals surface area contributed by atoms with Gasteiger partial charge < -0.3 is 10.4 Å². The number of aliphatic hydroxyl groups excluding tert-OH is 1. The molecule has 0 aliphatic rings. The Balaban J connectivity index is 2.16. The lowest BCUT2D eigenvalue weighted by atomic mass is 10.1. The van der Waals surface area contributed by atoms with Crippen LogP contribution in [0.1, 0.15) is 17.2 Å². The van der Waals surface area contributed by atoms with E-state index in [0.29, 0.717) is 5.82 Å². The van der Waals surface area contributed by atoms with Crippen LogP contribution >= 0.6 is 0 Å². The van der Waals surface area contributed by atoms with Gasteiger partial charge in [-0.15, -0.1) is 5.10 Å². The number of nitrogens with zero attached hydrogens (tertiary/aromatic N) is 2. The molecule has 0 aliphatic heterocycles. The zero-order valence-corrected chi connectivity index (χ0v) is 9.67. The van der Waals surface area contributed by atoms with Gasteiger partial charge in [-0.25, -0.2) is 0 Å². The van der Waals surface area contributed by atoms with Gasteiger partial charge in [0.25, 0.3) is 0 Å². The zero-order valence-electron chi connectivity index (χ0n) is 9.67. The molecule has 0 bridgehead atoms. The second-order valence-electron chi connectivity index (χ2n) is 3.91. The van der Waals surface area contributed by atoms with Crippen molar-refractivity contribution in [1.29, 1.82) is 0 Å². The van der Waals surface area contributed by atoms with Crippen molar-refractivity contribution >= 4 is 5.82 Å². The minimum absolute atomic E-state index is 0.0135. The number of aryl methyl sites for hydroxylation is 1. The maximum absolute atomic E-state index is 9.40. The fourth-order valence-electron chi connectivity index (χ4n) is 1.63. The highest BCUT2D eigenvalue weighted by Crippen LogP contribution is 2.17. The molecule has 4 heteroatoms. The number of aromatic nitrogens is 2. The normalized spacial score (nSPS) is 12.1. The number of rotatable bonds is 4. The summed E-state index contributed by atoms with van der Waals surface area (Å²) in [6, 6.07) is 11.5. The smallest absolute Gasteiger partial charge is 0.149 e. The summed E-state index contributed by atoms with van der Waals surface area (Å²) < 4.78 is 0. The predicted molar refractivity (Wildman–Crippen MR) is 66.7 cm³/mol. The molecule has 0 saturated heterocycles. The summed E-state index contributed by atoms with van der Waals surface area (Å²) in [5, 5.41) is 20.4. The van der Waals surface area contributed by atoms with Crippen molar-refractivity contribution in [2.75, 3.05) is 11.9 Å². The average Bonchev–Trinajstić information content (AvgIpc) is 2.37. The number of anilines is 1. The first kappa shape index (κ1) is 11.5. The third-order valence-corrected chi connectivity index (χ3v) is 2.50. The number of hydrogen-bond acceptors (Lipinski definition) is 4.